The third kappa shape index (κ3) is 4.27. The summed E-state index contributed by atoms with van der Waals surface area (Å²) in [5, 5.41) is 5.77. The van der Waals surface area contributed by atoms with Gasteiger partial charge in [0.2, 0.25) is 11.9 Å². The van der Waals surface area contributed by atoms with Crippen molar-refractivity contribution in [2.75, 3.05) is 17.2 Å². The van der Waals surface area contributed by atoms with E-state index in [2.05, 4.69) is 43.1 Å². The Bertz CT molecular complexity index is 868. The molecule has 9 heteroatoms. The van der Waals surface area contributed by atoms with Crippen LogP contribution in [0.5, 0.6) is 0 Å². The van der Waals surface area contributed by atoms with Crippen molar-refractivity contribution in [1.29, 1.82) is 0 Å². The van der Waals surface area contributed by atoms with Crippen LogP contribution in [0, 0.1) is 18.3 Å². The molecule has 6 nitrogen and oxygen atoms in total. The number of halogens is 3. The molecule has 0 saturated heterocycles. The second-order valence-electron chi connectivity index (χ2n) is 5.69. The fourth-order valence-corrected chi connectivity index (χ4v) is 2.15. The predicted molar refractivity (Wildman–Crippen MR) is 90.9 cm³/mol. The van der Waals surface area contributed by atoms with E-state index >= 15 is 0 Å². The molecule has 0 bridgehead atoms. The van der Waals surface area contributed by atoms with Gasteiger partial charge in [-0.25, -0.2) is 4.98 Å². The molecule has 3 rings (SSSR count). The van der Waals surface area contributed by atoms with Crippen LogP contribution in [0.3, 0.4) is 0 Å². The number of pyridine rings is 1. The second-order valence-corrected chi connectivity index (χ2v) is 5.69. The van der Waals surface area contributed by atoms with Crippen LogP contribution in [0.4, 0.5) is 25.1 Å². The van der Waals surface area contributed by atoms with E-state index in [1.165, 1.54) is 12.1 Å². The molecular weight excluding hydrogens is 345 g/mol. The quantitative estimate of drug-likeness (QED) is 0.770. The number of hydrogen-bond acceptors (Lipinski definition) is 6. The number of alkyl halides is 3. The van der Waals surface area contributed by atoms with Crippen molar-refractivity contribution >= 4 is 11.9 Å². The minimum Gasteiger partial charge on any atom is -0.343 e. The first-order valence-corrected chi connectivity index (χ1v) is 7.80. The maximum Gasteiger partial charge on any atom is 0.433 e. The highest BCUT2D eigenvalue weighted by atomic mass is 19.4. The average molecular weight is 360 g/mol. The number of anilines is 2. The summed E-state index contributed by atoms with van der Waals surface area (Å²) in [4.78, 5) is 16.0. The number of nitrogens with one attached hydrogen (secondary N) is 2. The summed E-state index contributed by atoms with van der Waals surface area (Å²) in [6.45, 7) is 4.08. The molecule has 1 aliphatic rings. The zero-order valence-corrected chi connectivity index (χ0v) is 13.6. The summed E-state index contributed by atoms with van der Waals surface area (Å²) >= 11 is 0. The van der Waals surface area contributed by atoms with Crippen LogP contribution in [0.2, 0.25) is 0 Å². The SMILES string of the molecule is C#CCNc1nc(NC(=C)C2CC2)nc(-c2cccc(C(F)(F)F)n2)n1. The van der Waals surface area contributed by atoms with Gasteiger partial charge < -0.3 is 10.6 Å². The van der Waals surface area contributed by atoms with Gasteiger partial charge in [0.25, 0.3) is 0 Å². The number of hydrogen-bond donors (Lipinski definition) is 2. The fraction of sp³-hybridized carbons (Fsp3) is 0.294. The van der Waals surface area contributed by atoms with Crippen molar-refractivity contribution in [3.05, 3.63) is 36.2 Å². The third-order valence-corrected chi connectivity index (χ3v) is 3.60. The van der Waals surface area contributed by atoms with Gasteiger partial charge in [-0.1, -0.05) is 18.6 Å². The van der Waals surface area contributed by atoms with E-state index in [1.807, 2.05) is 0 Å². The largest absolute Gasteiger partial charge is 0.433 e. The van der Waals surface area contributed by atoms with Crippen LogP contribution in [0.1, 0.15) is 18.5 Å². The molecule has 0 spiro atoms. The van der Waals surface area contributed by atoms with Crippen LogP contribution in [-0.4, -0.2) is 26.5 Å². The Kier molecular flexibility index (Phi) is 4.75. The van der Waals surface area contributed by atoms with Crippen molar-refractivity contribution in [2.24, 2.45) is 5.92 Å². The fourth-order valence-electron chi connectivity index (χ4n) is 2.15. The monoisotopic (exact) mass is 360 g/mol. The molecule has 2 aromatic rings. The Labute approximate surface area is 148 Å². The lowest BCUT2D eigenvalue weighted by Crippen LogP contribution is -2.12. The molecular formula is C17H15F3N6. The van der Waals surface area contributed by atoms with Crippen LogP contribution in [0.25, 0.3) is 11.5 Å². The van der Waals surface area contributed by atoms with E-state index in [1.54, 1.807) is 0 Å². The first-order chi connectivity index (χ1) is 12.4. The van der Waals surface area contributed by atoms with Gasteiger partial charge in [0.05, 0.1) is 6.54 Å². The van der Waals surface area contributed by atoms with E-state index in [0.29, 0.717) is 5.92 Å². The number of nitrogens with zero attached hydrogens (tertiary/aromatic N) is 4. The average Bonchev–Trinajstić information content (AvgIpc) is 3.44. The highest BCUT2D eigenvalue weighted by Gasteiger charge is 2.32. The zero-order valence-electron chi connectivity index (χ0n) is 13.6. The smallest absolute Gasteiger partial charge is 0.343 e. The highest BCUT2D eigenvalue weighted by Crippen LogP contribution is 2.35. The first kappa shape index (κ1) is 17.7. The number of rotatable bonds is 6. The Morgan fingerprint density at radius 3 is 2.58 bits per heavy atom. The molecule has 1 aliphatic carbocycles. The second kappa shape index (κ2) is 7.00. The van der Waals surface area contributed by atoms with Crippen LogP contribution in [0.15, 0.2) is 30.5 Å². The number of terminal acetylenes is 1. The Balaban J connectivity index is 1.96. The summed E-state index contributed by atoms with van der Waals surface area (Å²) < 4.78 is 38.7. The normalized spacial score (nSPS) is 13.8. The van der Waals surface area contributed by atoms with E-state index < -0.39 is 11.9 Å². The van der Waals surface area contributed by atoms with Crippen molar-refractivity contribution < 1.29 is 13.2 Å². The lowest BCUT2D eigenvalue weighted by Gasteiger charge is -2.11. The van der Waals surface area contributed by atoms with Crippen LogP contribution >= 0.6 is 0 Å². The molecule has 1 fully saturated rings. The molecule has 26 heavy (non-hydrogen) atoms. The zero-order chi connectivity index (χ0) is 18.7. The van der Waals surface area contributed by atoms with Gasteiger partial charge in [-0.15, -0.1) is 6.42 Å². The minimum atomic E-state index is -4.56. The predicted octanol–water partition coefficient (Wildman–Crippen LogP) is 3.33. The standard InChI is InChI=1S/C17H15F3N6/c1-3-9-21-15-24-14(12-5-4-6-13(23-12)17(18,19)20)25-16(26-15)22-10(2)11-7-8-11/h1,4-6,11H,2,7-9H2,(H2,21,22,24,25,26). The highest BCUT2D eigenvalue weighted by molar-refractivity contribution is 5.55. The van der Waals surface area contributed by atoms with Gasteiger partial charge in [-0.05, 0) is 30.9 Å². The molecule has 134 valence electrons. The van der Waals surface area contributed by atoms with Crippen molar-refractivity contribution in [1.82, 2.24) is 19.9 Å². The molecule has 0 atom stereocenters. The minimum absolute atomic E-state index is 0.00304. The summed E-state index contributed by atoms with van der Waals surface area (Å²) in [6, 6.07) is 3.53. The molecule has 0 amide bonds. The maximum absolute atomic E-state index is 12.9. The molecule has 2 heterocycles. The van der Waals surface area contributed by atoms with Crippen molar-refractivity contribution in [3.63, 3.8) is 0 Å². The van der Waals surface area contributed by atoms with E-state index in [9.17, 15) is 13.2 Å². The van der Waals surface area contributed by atoms with E-state index in [0.717, 1.165) is 24.6 Å². The van der Waals surface area contributed by atoms with E-state index in [4.69, 9.17) is 6.42 Å². The summed E-state index contributed by atoms with van der Waals surface area (Å²) in [7, 11) is 0. The van der Waals surface area contributed by atoms with Gasteiger partial charge in [-0.2, -0.15) is 28.1 Å². The number of aromatic nitrogens is 4. The molecule has 0 unspecified atom stereocenters. The summed E-state index contributed by atoms with van der Waals surface area (Å²) in [5.41, 5.74) is -0.293. The van der Waals surface area contributed by atoms with Gasteiger partial charge in [0, 0.05) is 5.70 Å². The first-order valence-electron chi connectivity index (χ1n) is 7.80. The Morgan fingerprint density at radius 1 is 1.19 bits per heavy atom. The Morgan fingerprint density at radius 2 is 1.92 bits per heavy atom. The van der Waals surface area contributed by atoms with Gasteiger partial charge in [0.15, 0.2) is 5.82 Å². The van der Waals surface area contributed by atoms with Gasteiger partial charge >= 0.3 is 6.18 Å². The number of allylic oxidation sites excluding steroid dienone is 1. The lowest BCUT2D eigenvalue weighted by molar-refractivity contribution is -0.141. The van der Waals surface area contributed by atoms with Crippen molar-refractivity contribution in [3.8, 4) is 23.9 Å². The van der Waals surface area contributed by atoms with Crippen LogP contribution in [-0.2, 0) is 6.18 Å². The van der Waals surface area contributed by atoms with Gasteiger partial charge in [-0.3, -0.25) is 0 Å². The molecule has 2 N–H and O–H groups in total. The molecule has 0 aliphatic heterocycles. The maximum atomic E-state index is 12.9. The van der Waals surface area contributed by atoms with E-state index in [-0.39, 0.29) is 30.0 Å². The summed E-state index contributed by atoms with van der Waals surface area (Å²) in [6.07, 6.45) is 2.71. The molecule has 1 saturated carbocycles. The van der Waals surface area contributed by atoms with Gasteiger partial charge in [0.1, 0.15) is 11.4 Å². The van der Waals surface area contributed by atoms with Crippen LogP contribution < -0.4 is 10.6 Å². The molecule has 2 aromatic heterocycles. The topological polar surface area (TPSA) is 75.6 Å². The molecule has 0 aromatic carbocycles. The summed E-state index contributed by atoms with van der Waals surface area (Å²) in [5.74, 6) is 3.04. The lowest BCUT2D eigenvalue weighted by atomic mass is 10.3. The van der Waals surface area contributed by atoms with Crippen molar-refractivity contribution in [2.45, 2.75) is 19.0 Å². The third-order valence-electron chi connectivity index (χ3n) is 3.60. The Hall–Kier alpha value is -3.15. The molecule has 0 radical (unpaired) electrons.